The van der Waals surface area contributed by atoms with E-state index in [2.05, 4.69) is 0 Å². The van der Waals surface area contributed by atoms with Gasteiger partial charge in [0.15, 0.2) is 0 Å². The molecular formula is C11H13N3O3S. The summed E-state index contributed by atoms with van der Waals surface area (Å²) in [4.78, 5) is -0.0744. The Hall–Kier alpha value is -1.62. The zero-order valence-electron chi connectivity index (χ0n) is 9.79. The van der Waals surface area contributed by atoms with E-state index in [0.29, 0.717) is 5.69 Å². The van der Waals surface area contributed by atoms with Gasteiger partial charge < -0.3 is 10.8 Å². The van der Waals surface area contributed by atoms with E-state index >= 15 is 0 Å². The van der Waals surface area contributed by atoms with Crippen molar-refractivity contribution in [2.75, 3.05) is 18.8 Å². The maximum Gasteiger partial charge on any atom is 0.244 e. The highest BCUT2D eigenvalue weighted by Gasteiger charge is 2.44. The van der Waals surface area contributed by atoms with Gasteiger partial charge in [0.05, 0.1) is 11.2 Å². The van der Waals surface area contributed by atoms with Gasteiger partial charge in [0.25, 0.3) is 0 Å². The number of β-amino-alcohol motifs (C(OH)–C–C–N with tert-alkyl or cyclic N) is 1. The van der Waals surface area contributed by atoms with E-state index < -0.39 is 15.6 Å². The van der Waals surface area contributed by atoms with Crippen LogP contribution in [0.5, 0.6) is 0 Å². The number of anilines is 1. The van der Waals surface area contributed by atoms with E-state index in [9.17, 15) is 13.5 Å². The quantitative estimate of drug-likeness (QED) is 0.727. The van der Waals surface area contributed by atoms with Crippen molar-refractivity contribution in [3.05, 3.63) is 23.8 Å². The van der Waals surface area contributed by atoms with Gasteiger partial charge in [-0.2, -0.15) is 9.57 Å². The molecule has 1 aliphatic heterocycles. The molecule has 3 N–H and O–H groups in total. The van der Waals surface area contributed by atoms with Crippen molar-refractivity contribution in [2.24, 2.45) is 0 Å². The van der Waals surface area contributed by atoms with Crippen molar-refractivity contribution in [2.45, 2.75) is 17.4 Å². The Kier molecular flexibility index (Phi) is 2.81. The highest BCUT2D eigenvalue weighted by Crippen LogP contribution is 2.29. The Morgan fingerprint density at radius 3 is 2.61 bits per heavy atom. The second kappa shape index (κ2) is 3.95. The van der Waals surface area contributed by atoms with Crippen LogP contribution in [-0.2, 0) is 10.0 Å². The minimum absolute atomic E-state index is 0.0153. The molecule has 0 spiro atoms. The smallest absolute Gasteiger partial charge is 0.244 e. The standard InChI is InChI=1S/C11H13N3O3S/c1-11(15)6-14(7-11)18(16,17)10-3-2-9(13)4-8(10)5-12/h2-4,15H,6-7,13H2,1H3. The lowest BCUT2D eigenvalue weighted by molar-refractivity contribution is -0.0426. The molecular weight excluding hydrogens is 254 g/mol. The summed E-state index contributed by atoms with van der Waals surface area (Å²) in [6.45, 7) is 1.63. The van der Waals surface area contributed by atoms with E-state index in [1.54, 1.807) is 6.92 Å². The first kappa shape index (κ1) is 12.8. The van der Waals surface area contributed by atoms with Gasteiger partial charge in [-0.3, -0.25) is 0 Å². The fourth-order valence-corrected chi connectivity index (χ4v) is 3.68. The van der Waals surface area contributed by atoms with Gasteiger partial charge in [0.1, 0.15) is 11.0 Å². The molecule has 1 heterocycles. The van der Waals surface area contributed by atoms with Crippen molar-refractivity contribution in [3.8, 4) is 6.07 Å². The normalized spacial score (nSPS) is 18.9. The third-order valence-electron chi connectivity index (χ3n) is 2.78. The first-order valence-corrected chi connectivity index (χ1v) is 6.72. The van der Waals surface area contributed by atoms with Crippen LogP contribution in [0, 0.1) is 11.3 Å². The van der Waals surface area contributed by atoms with Gasteiger partial charge in [0, 0.05) is 18.8 Å². The highest BCUT2D eigenvalue weighted by atomic mass is 32.2. The van der Waals surface area contributed by atoms with Crippen LogP contribution < -0.4 is 5.73 Å². The molecule has 0 aromatic heterocycles. The van der Waals surface area contributed by atoms with Crippen molar-refractivity contribution in [1.82, 2.24) is 4.31 Å². The summed E-state index contributed by atoms with van der Waals surface area (Å²) in [5.41, 5.74) is 4.87. The molecule has 0 amide bonds. The third-order valence-corrected chi connectivity index (χ3v) is 4.63. The second-order valence-corrected chi connectivity index (χ2v) is 6.54. The SMILES string of the molecule is CC1(O)CN(S(=O)(=O)c2ccc(N)cc2C#N)C1. The molecule has 1 aromatic rings. The number of nitriles is 1. The van der Waals surface area contributed by atoms with Gasteiger partial charge in [-0.1, -0.05) is 0 Å². The minimum atomic E-state index is -3.74. The number of hydrogen-bond donors (Lipinski definition) is 2. The Morgan fingerprint density at radius 1 is 1.50 bits per heavy atom. The number of nitrogens with two attached hydrogens (primary N) is 1. The summed E-state index contributed by atoms with van der Waals surface area (Å²) < 4.78 is 25.6. The van der Waals surface area contributed by atoms with Crippen LogP contribution in [0.15, 0.2) is 23.1 Å². The van der Waals surface area contributed by atoms with Gasteiger partial charge >= 0.3 is 0 Å². The molecule has 1 saturated heterocycles. The van der Waals surface area contributed by atoms with E-state index in [1.165, 1.54) is 18.2 Å². The molecule has 2 rings (SSSR count). The van der Waals surface area contributed by atoms with Crippen LogP contribution in [0.25, 0.3) is 0 Å². The summed E-state index contributed by atoms with van der Waals surface area (Å²) in [7, 11) is -3.74. The van der Waals surface area contributed by atoms with E-state index in [4.69, 9.17) is 11.0 Å². The molecule has 0 unspecified atom stereocenters. The second-order valence-electron chi connectivity index (χ2n) is 4.64. The number of nitrogen functional groups attached to an aromatic ring is 1. The zero-order valence-corrected chi connectivity index (χ0v) is 10.6. The molecule has 1 aromatic carbocycles. The Morgan fingerprint density at radius 2 is 2.11 bits per heavy atom. The monoisotopic (exact) mass is 267 g/mol. The van der Waals surface area contributed by atoms with E-state index in [1.807, 2.05) is 6.07 Å². The maximum absolute atomic E-state index is 12.2. The third kappa shape index (κ3) is 2.06. The van der Waals surface area contributed by atoms with Crippen molar-refractivity contribution in [1.29, 1.82) is 5.26 Å². The first-order valence-electron chi connectivity index (χ1n) is 5.28. The topological polar surface area (TPSA) is 107 Å². The highest BCUT2D eigenvalue weighted by molar-refractivity contribution is 7.89. The van der Waals surface area contributed by atoms with E-state index in [0.717, 1.165) is 4.31 Å². The van der Waals surface area contributed by atoms with Crippen molar-refractivity contribution >= 4 is 15.7 Å². The molecule has 6 nitrogen and oxygen atoms in total. The fraction of sp³-hybridized carbons (Fsp3) is 0.364. The summed E-state index contributed by atoms with van der Waals surface area (Å²) >= 11 is 0. The van der Waals surface area contributed by atoms with Crippen LogP contribution in [0.4, 0.5) is 5.69 Å². The predicted molar refractivity (Wildman–Crippen MR) is 65.0 cm³/mol. The van der Waals surface area contributed by atoms with Gasteiger partial charge in [0.2, 0.25) is 10.0 Å². The summed E-state index contributed by atoms with van der Waals surface area (Å²) in [6.07, 6.45) is 0. The molecule has 7 heteroatoms. The number of hydrogen-bond acceptors (Lipinski definition) is 5. The lowest BCUT2D eigenvalue weighted by Gasteiger charge is -2.42. The Balaban J connectivity index is 2.41. The summed E-state index contributed by atoms with van der Waals surface area (Å²) in [5.74, 6) is 0. The molecule has 0 radical (unpaired) electrons. The summed E-state index contributed by atoms with van der Waals surface area (Å²) in [6, 6.07) is 5.89. The molecule has 18 heavy (non-hydrogen) atoms. The van der Waals surface area contributed by atoms with Crippen LogP contribution in [-0.4, -0.2) is 36.5 Å². The average Bonchev–Trinajstić information content (AvgIpc) is 2.25. The van der Waals surface area contributed by atoms with Crippen molar-refractivity contribution < 1.29 is 13.5 Å². The zero-order chi connectivity index (χ0) is 13.6. The van der Waals surface area contributed by atoms with Gasteiger partial charge in [-0.15, -0.1) is 0 Å². The maximum atomic E-state index is 12.2. The Labute approximate surface area is 105 Å². The predicted octanol–water partition coefficient (Wildman–Crippen LogP) is -0.104. The first-order chi connectivity index (χ1) is 8.26. The van der Waals surface area contributed by atoms with Crippen LogP contribution in [0.2, 0.25) is 0 Å². The molecule has 1 fully saturated rings. The molecule has 96 valence electrons. The van der Waals surface area contributed by atoms with Gasteiger partial charge in [-0.25, -0.2) is 8.42 Å². The number of rotatable bonds is 2. The van der Waals surface area contributed by atoms with Crippen molar-refractivity contribution in [3.63, 3.8) is 0 Å². The Bertz CT molecular complexity index is 623. The number of sulfonamides is 1. The molecule has 0 atom stereocenters. The molecule has 1 aliphatic rings. The van der Waals surface area contributed by atoms with Crippen LogP contribution in [0.1, 0.15) is 12.5 Å². The molecule has 0 saturated carbocycles. The molecule has 0 aliphatic carbocycles. The lowest BCUT2D eigenvalue weighted by Crippen LogP contribution is -2.61. The average molecular weight is 267 g/mol. The number of aliphatic hydroxyl groups is 1. The number of benzene rings is 1. The minimum Gasteiger partial charge on any atom is -0.399 e. The number of nitrogens with zero attached hydrogens (tertiary/aromatic N) is 2. The molecule has 0 bridgehead atoms. The van der Waals surface area contributed by atoms with E-state index in [-0.39, 0.29) is 23.5 Å². The van der Waals surface area contributed by atoms with Gasteiger partial charge in [-0.05, 0) is 25.1 Å². The summed E-state index contributed by atoms with van der Waals surface area (Å²) in [5, 5.41) is 18.5. The van der Waals surface area contributed by atoms with Crippen LogP contribution in [0.3, 0.4) is 0 Å². The largest absolute Gasteiger partial charge is 0.399 e. The lowest BCUT2D eigenvalue weighted by atomic mass is 10.0. The van der Waals surface area contributed by atoms with Crippen LogP contribution >= 0.6 is 0 Å². The fourth-order valence-electron chi connectivity index (χ4n) is 1.88.